The number of hydrogen-bond acceptors (Lipinski definition) is 4. The van der Waals surface area contributed by atoms with E-state index in [1.807, 2.05) is 60.7 Å². The number of nitrogens with zero attached hydrogens (tertiary/aromatic N) is 2. The van der Waals surface area contributed by atoms with Gasteiger partial charge in [0, 0.05) is 37.3 Å². The highest BCUT2D eigenvalue weighted by molar-refractivity contribution is 7.99. The molecular weight excluding hydrogens is 392 g/mol. The van der Waals surface area contributed by atoms with E-state index in [2.05, 4.69) is 0 Å². The van der Waals surface area contributed by atoms with Crippen LogP contribution in [0.5, 0.6) is 0 Å². The first kappa shape index (κ1) is 20.6. The average Bonchev–Trinajstić information content (AvgIpc) is 2.74. The summed E-state index contributed by atoms with van der Waals surface area (Å²) in [6.07, 6.45) is 1.60. The molecule has 0 unspecified atom stereocenters. The molecule has 3 rings (SSSR count). The molecule has 0 radical (unpaired) electrons. The lowest BCUT2D eigenvalue weighted by atomic mass is 10.2. The summed E-state index contributed by atoms with van der Waals surface area (Å²) < 4.78 is 26.4. The number of thioether (sulfide) groups is 1. The first-order valence-electron chi connectivity index (χ1n) is 9.17. The van der Waals surface area contributed by atoms with Crippen LogP contribution >= 0.6 is 11.8 Å². The Morgan fingerprint density at radius 1 is 0.929 bits per heavy atom. The summed E-state index contributed by atoms with van der Waals surface area (Å²) in [5, 5.41) is 1.25. The Labute approximate surface area is 171 Å². The maximum absolute atomic E-state index is 12.5. The smallest absolute Gasteiger partial charge is 0.236 e. The summed E-state index contributed by atoms with van der Waals surface area (Å²) in [7, 11) is -3.47. The molecule has 1 aliphatic heterocycles. The van der Waals surface area contributed by atoms with Crippen molar-refractivity contribution < 1.29 is 13.2 Å². The molecule has 1 heterocycles. The van der Waals surface area contributed by atoms with Gasteiger partial charge < -0.3 is 4.90 Å². The average molecular weight is 417 g/mol. The van der Waals surface area contributed by atoms with Crippen LogP contribution in [0.15, 0.2) is 66.1 Å². The van der Waals surface area contributed by atoms with Crippen LogP contribution in [-0.2, 0) is 20.6 Å². The van der Waals surface area contributed by atoms with E-state index in [-0.39, 0.29) is 5.91 Å². The predicted molar refractivity (Wildman–Crippen MR) is 115 cm³/mol. The Balaban J connectivity index is 1.45. The molecule has 28 heavy (non-hydrogen) atoms. The first-order valence-corrected chi connectivity index (χ1v) is 11.8. The van der Waals surface area contributed by atoms with Gasteiger partial charge in [0.25, 0.3) is 0 Å². The van der Waals surface area contributed by atoms with Crippen LogP contribution in [0.3, 0.4) is 0 Å². The van der Waals surface area contributed by atoms with Crippen molar-refractivity contribution in [2.45, 2.75) is 5.75 Å². The quantitative estimate of drug-likeness (QED) is 0.696. The summed E-state index contributed by atoms with van der Waals surface area (Å²) in [4.78, 5) is 14.1. The van der Waals surface area contributed by atoms with Gasteiger partial charge in [0.15, 0.2) is 0 Å². The molecule has 1 saturated heterocycles. The van der Waals surface area contributed by atoms with Gasteiger partial charge in [-0.05, 0) is 17.2 Å². The zero-order chi connectivity index (χ0) is 19.8. The third-order valence-corrected chi connectivity index (χ3v) is 7.07. The number of amides is 1. The molecule has 0 aromatic heterocycles. The van der Waals surface area contributed by atoms with Crippen molar-refractivity contribution in [3.05, 3.63) is 77.2 Å². The molecule has 2 aromatic carbocycles. The van der Waals surface area contributed by atoms with Gasteiger partial charge in [0.05, 0.1) is 5.75 Å². The fourth-order valence-corrected chi connectivity index (χ4v) is 4.99. The van der Waals surface area contributed by atoms with Crippen molar-refractivity contribution in [1.29, 1.82) is 0 Å². The monoisotopic (exact) mass is 416 g/mol. The number of sulfonamides is 1. The number of carbonyl (C=O) groups is 1. The fraction of sp³-hybridized carbons (Fsp3) is 0.286. The van der Waals surface area contributed by atoms with Crippen LogP contribution in [0.2, 0.25) is 0 Å². The van der Waals surface area contributed by atoms with Crippen LogP contribution < -0.4 is 0 Å². The first-order chi connectivity index (χ1) is 13.5. The molecule has 0 aliphatic carbocycles. The molecule has 1 aliphatic rings. The number of piperazine rings is 1. The summed E-state index contributed by atoms with van der Waals surface area (Å²) in [6, 6.07) is 19.4. The number of carbonyl (C=O) groups excluding carboxylic acids is 1. The van der Waals surface area contributed by atoms with Crippen LogP contribution in [0, 0.1) is 0 Å². The van der Waals surface area contributed by atoms with E-state index < -0.39 is 10.0 Å². The van der Waals surface area contributed by atoms with Gasteiger partial charge in [-0.2, -0.15) is 4.31 Å². The lowest BCUT2D eigenvalue weighted by Gasteiger charge is -2.33. The molecule has 1 amide bonds. The van der Waals surface area contributed by atoms with E-state index in [1.165, 1.54) is 15.3 Å². The largest absolute Gasteiger partial charge is 0.339 e. The summed E-state index contributed by atoms with van der Waals surface area (Å²) >= 11 is 1.59. The van der Waals surface area contributed by atoms with Gasteiger partial charge in [-0.1, -0.05) is 60.7 Å². The lowest BCUT2D eigenvalue weighted by Crippen LogP contribution is -2.50. The number of rotatable bonds is 7. The van der Waals surface area contributed by atoms with E-state index in [4.69, 9.17) is 0 Å². The van der Waals surface area contributed by atoms with Crippen molar-refractivity contribution in [3.63, 3.8) is 0 Å². The van der Waals surface area contributed by atoms with Crippen molar-refractivity contribution in [2.75, 3.05) is 31.9 Å². The number of benzene rings is 2. The van der Waals surface area contributed by atoms with Crippen molar-refractivity contribution in [3.8, 4) is 0 Å². The zero-order valence-corrected chi connectivity index (χ0v) is 17.2. The second-order valence-electron chi connectivity index (χ2n) is 6.52. The van der Waals surface area contributed by atoms with E-state index in [1.54, 1.807) is 22.7 Å². The Bertz CT molecular complexity index is 892. The topological polar surface area (TPSA) is 57.7 Å². The van der Waals surface area contributed by atoms with Gasteiger partial charge in [0.1, 0.15) is 0 Å². The minimum Gasteiger partial charge on any atom is -0.339 e. The summed E-state index contributed by atoms with van der Waals surface area (Å²) in [6.45, 7) is 1.53. The molecule has 7 heteroatoms. The van der Waals surface area contributed by atoms with E-state index >= 15 is 0 Å². The Kier molecular flexibility index (Phi) is 7.30. The van der Waals surface area contributed by atoms with Crippen molar-refractivity contribution in [2.24, 2.45) is 0 Å². The minimum absolute atomic E-state index is 0.0674. The van der Waals surface area contributed by atoms with E-state index in [0.29, 0.717) is 31.9 Å². The van der Waals surface area contributed by atoms with Crippen molar-refractivity contribution in [1.82, 2.24) is 9.21 Å². The Morgan fingerprint density at radius 2 is 1.54 bits per heavy atom. The minimum atomic E-state index is -3.47. The maximum atomic E-state index is 12.5. The highest BCUT2D eigenvalue weighted by atomic mass is 32.2. The number of hydrogen-bond donors (Lipinski definition) is 0. The van der Waals surface area contributed by atoms with Crippen LogP contribution in [0.1, 0.15) is 11.1 Å². The second kappa shape index (κ2) is 9.91. The van der Waals surface area contributed by atoms with Crippen LogP contribution in [0.4, 0.5) is 0 Å². The van der Waals surface area contributed by atoms with Gasteiger partial charge in [0.2, 0.25) is 15.9 Å². The van der Waals surface area contributed by atoms with Crippen molar-refractivity contribution >= 4 is 33.8 Å². The summed E-state index contributed by atoms with van der Waals surface area (Å²) in [5.41, 5.74) is 2.04. The van der Waals surface area contributed by atoms with Gasteiger partial charge in [-0.15, -0.1) is 11.8 Å². The normalized spacial score (nSPS) is 15.8. The molecule has 0 atom stereocenters. The summed E-state index contributed by atoms with van der Waals surface area (Å²) in [5.74, 6) is 1.28. The molecule has 1 fully saturated rings. The molecule has 0 saturated carbocycles. The molecule has 0 N–H and O–H groups in total. The fourth-order valence-electron chi connectivity index (χ4n) is 2.93. The molecule has 0 spiro atoms. The molecular formula is C21H24N2O3S2. The van der Waals surface area contributed by atoms with Crippen LogP contribution in [-0.4, -0.2) is 55.5 Å². The third kappa shape index (κ3) is 5.95. The van der Waals surface area contributed by atoms with E-state index in [0.717, 1.165) is 11.3 Å². The second-order valence-corrected chi connectivity index (χ2v) is 9.32. The molecule has 148 valence electrons. The zero-order valence-electron chi connectivity index (χ0n) is 15.6. The lowest BCUT2D eigenvalue weighted by molar-refractivity contribution is -0.129. The SMILES string of the molecule is O=C(CSCc1ccccc1)N1CCN(S(=O)(=O)/C=C/c2ccccc2)CC1. The standard InChI is InChI=1S/C21H24N2O3S2/c24-21(18-27-17-20-9-5-2-6-10-20)22-12-14-23(15-13-22)28(25,26)16-11-19-7-3-1-4-8-19/h1-11,16H,12-15,17-18H2/b16-11+. The molecule has 0 bridgehead atoms. The van der Waals surface area contributed by atoms with Gasteiger partial charge >= 0.3 is 0 Å². The Hall–Kier alpha value is -2.09. The van der Waals surface area contributed by atoms with Gasteiger partial charge in [-0.25, -0.2) is 8.42 Å². The highest BCUT2D eigenvalue weighted by Gasteiger charge is 2.27. The molecule has 2 aromatic rings. The van der Waals surface area contributed by atoms with Gasteiger partial charge in [-0.3, -0.25) is 4.79 Å². The predicted octanol–water partition coefficient (Wildman–Crippen LogP) is 3.06. The Morgan fingerprint density at radius 3 is 2.18 bits per heavy atom. The highest BCUT2D eigenvalue weighted by Crippen LogP contribution is 2.15. The maximum Gasteiger partial charge on any atom is 0.236 e. The van der Waals surface area contributed by atoms with Crippen LogP contribution in [0.25, 0.3) is 6.08 Å². The van der Waals surface area contributed by atoms with E-state index in [9.17, 15) is 13.2 Å². The third-order valence-electron chi connectivity index (χ3n) is 4.52. The molecule has 5 nitrogen and oxygen atoms in total.